The highest BCUT2D eigenvalue weighted by Crippen LogP contribution is 2.22. The SMILES string of the molecule is CC1CCCC(NCc2cn(C)nn2)CC1. The molecule has 1 heterocycles. The zero-order valence-electron chi connectivity index (χ0n) is 10.3. The molecule has 0 saturated heterocycles. The van der Waals surface area contributed by atoms with E-state index in [1.807, 2.05) is 13.2 Å². The van der Waals surface area contributed by atoms with Crippen molar-refractivity contribution in [3.8, 4) is 0 Å². The van der Waals surface area contributed by atoms with Crippen molar-refractivity contribution in [1.29, 1.82) is 0 Å². The third-order valence-electron chi connectivity index (χ3n) is 3.48. The summed E-state index contributed by atoms with van der Waals surface area (Å²) in [7, 11) is 1.91. The summed E-state index contributed by atoms with van der Waals surface area (Å²) < 4.78 is 1.76. The largest absolute Gasteiger partial charge is 0.308 e. The number of rotatable bonds is 3. The molecule has 16 heavy (non-hydrogen) atoms. The standard InChI is InChI=1S/C12H22N4/c1-10-4-3-5-11(7-6-10)13-8-12-9-16(2)15-14-12/h9-11,13H,3-8H2,1-2H3. The van der Waals surface area contributed by atoms with Crippen molar-refractivity contribution in [3.63, 3.8) is 0 Å². The fraction of sp³-hybridized carbons (Fsp3) is 0.833. The van der Waals surface area contributed by atoms with Crippen molar-refractivity contribution < 1.29 is 0 Å². The highest BCUT2D eigenvalue weighted by Gasteiger charge is 2.15. The zero-order chi connectivity index (χ0) is 11.4. The molecule has 90 valence electrons. The summed E-state index contributed by atoms with van der Waals surface area (Å²) in [6.45, 7) is 3.22. The molecule has 0 bridgehead atoms. The molecule has 4 nitrogen and oxygen atoms in total. The topological polar surface area (TPSA) is 42.7 Å². The molecule has 2 rings (SSSR count). The van der Waals surface area contributed by atoms with E-state index in [1.54, 1.807) is 4.68 Å². The average Bonchev–Trinajstić information content (AvgIpc) is 2.56. The Balaban J connectivity index is 1.77. The molecule has 1 saturated carbocycles. The van der Waals surface area contributed by atoms with Crippen LogP contribution in [-0.4, -0.2) is 21.0 Å². The van der Waals surface area contributed by atoms with Gasteiger partial charge in [-0.2, -0.15) is 0 Å². The minimum atomic E-state index is 0.673. The predicted molar refractivity (Wildman–Crippen MR) is 63.9 cm³/mol. The van der Waals surface area contributed by atoms with Gasteiger partial charge in [-0.15, -0.1) is 5.10 Å². The second-order valence-corrected chi connectivity index (χ2v) is 5.07. The van der Waals surface area contributed by atoms with E-state index in [0.717, 1.165) is 18.2 Å². The molecule has 0 amide bonds. The van der Waals surface area contributed by atoms with Crippen molar-refractivity contribution >= 4 is 0 Å². The van der Waals surface area contributed by atoms with Gasteiger partial charge in [0, 0.05) is 25.8 Å². The summed E-state index contributed by atoms with van der Waals surface area (Å²) >= 11 is 0. The van der Waals surface area contributed by atoms with E-state index >= 15 is 0 Å². The second-order valence-electron chi connectivity index (χ2n) is 5.07. The first kappa shape index (κ1) is 11.6. The van der Waals surface area contributed by atoms with Crippen LogP contribution in [0.4, 0.5) is 0 Å². The first-order valence-corrected chi connectivity index (χ1v) is 6.32. The molecule has 1 aliphatic carbocycles. The maximum Gasteiger partial charge on any atom is 0.0964 e. The Kier molecular flexibility index (Phi) is 3.93. The molecule has 2 unspecified atom stereocenters. The van der Waals surface area contributed by atoms with Crippen LogP contribution in [0.1, 0.15) is 44.7 Å². The van der Waals surface area contributed by atoms with Gasteiger partial charge in [0.05, 0.1) is 5.69 Å². The number of aromatic nitrogens is 3. The number of nitrogens with one attached hydrogen (secondary N) is 1. The van der Waals surface area contributed by atoms with Crippen LogP contribution in [-0.2, 0) is 13.6 Å². The molecule has 1 aliphatic rings. The van der Waals surface area contributed by atoms with Crippen LogP contribution in [0.2, 0.25) is 0 Å². The van der Waals surface area contributed by atoms with Gasteiger partial charge in [-0.05, 0) is 25.2 Å². The molecule has 1 N–H and O–H groups in total. The first-order valence-electron chi connectivity index (χ1n) is 6.32. The van der Waals surface area contributed by atoms with E-state index in [0.29, 0.717) is 6.04 Å². The van der Waals surface area contributed by atoms with Gasteiger partial charge in [-0.25, -0.2) is 0 Å². The molecule has 1 aromatic rings. The lowest BCUT2D eigenvalue weighted by Gasteiger charge is -2.15. The fourth-order valence-corrected chi connectivity index (χ4v) is 2.42. The van der Waals surface area contributed by atoms with Crippen molar-refractivity contribution in [2.75, 3.05) is 0 Å². The van der Waals surface area contributed by atoms with Crippen LogP contribution in [0.25, 0.3) is 0 Å². The summed E-state index contributed by atoms with van der Waals surface area (Å²) in [6.07, 6.45) is 8.71. The molecular weight excluding hydrogens is 200 g/mol. The summed E-state index contributed by atoms with van der Waals surface area (Å²) in [6, 6.07) is 0.673. The molecule has 4 heteroatoms. The van der Waals surface area contributed by atoms with Crippen LogP contribution in [0.5, 0.6) is 0 Å². The monoisotopic (exact) mass is 222 g/mol. The van der Waals surface area contributed by atoms with Crippen molar-refractivity contribution in [2.45, 2.75) is 51.6 Å². The lowest BCUT2D eigenvalue weighted by atomic mass is 10.0. The van der Waals surface area contributed by atoms with Crippen LogP contribution >= 0.6 is 0 Å². The molecule has 2 atom stereocenters. The Labute approximate surface area is 97.4 Å². The van der Waals surface area contributed by atoms with Crippen LogP contribution < -0.4 is 5.32 Å². The first-order chi connectivity index (χ1) is 7.74. The Morgan fingerprint density at radius 2 is 2.25 bits per heavy atom. The molecule has 0 radical (unpaired) electrons. The third kappa shape index (κ3) is 3.30. The predicted octanol–water partition coefficient (Wildman–Crippen LogP) is 1.87. The number of nitrogens with zero attached hydrogens (tertiary/aromatic N) is 3. The van der Waals surface area contributed by atoms with E-state index in [2.05, 4.69) is 22.6 Å². The zero-order valence-corrected chi connectivity index (χ0v) is 10.3. The van der Waals surface area contributed by atoms with Crippen molar-refractivity contribution in [1.82, 2.24) is 20.3 Å². The van der Waals surface area contributed by atoms with E-state index in [4.69, 9.17) is 0 Å². The lowest BCUT2D eigenvalue weighted by Crippen LogP contribution is -2.28. The van der Waals surface area contributed by atoms with E-state index in [-0.39, 0.29) is 0 Å². The Morgan fingerprint density at radius 3 is 3.00 bits per heavy atom. The lowest BCUT2D eigenvalue weighted by molar-refractivity contribution is 0.445. The maximum absolute atomic E-state index is 4.09. The summed E-state index contributed by atoms with van der Waals surface area (Å²) in [4.78, 5) is 0. The highest BCUT2D eigenvalue weighted by atomic mass is 15.4. The van der Waals surface area contributed by atoms with Gasteiger partial charge in [0.15, 0.2) is 0 Å². The van der Waals surface area contributed by atoms with Crippen LogP contribution in [0.3, 0.4) is 0 Å². The Bertz CT molecular complexity index is 321. The van der Waals surface area contributed by atoms with Crippen molar-refractivity contribution in [3.05, 3.63) is 11.9 Å². The summed E-state index contributed by atoms with van der Waals surface area (Å²) in [5.74, 6) is 0.906. The summed E-state index contributed by atoms with van der Waals surface area (Å²) in [5.41, 5.74) is 1.04. The van der Waals surface area contributed by atoms with Gasteiger partial charge in [-0.3, -0.25) is 4.68 Å². The summed E-state index contributed by atoms with van der Waals surface area (Å²) in [5, 5.41) is 11.6. The van der Waals surface area contributed by atoms with Crippen LogP contribution in [0.15, 0.2) is 6.20 Å². The van der Waals surface area contributed by atoms with Gasteiger partial charge in [0.25, 0.3) is 0 Å². The van der Waals surface area contributed by atoms with Gasteiger partial charge >= 0.3 is 0 Å². The normalized spacial score (nSPS) is 26.6. The maximum atomic E-state index is 4.09. The molecule has 0 aromatic carbocycles. The van der Waals surface area contributed by atoms with Gasteiger partial charge in [0.1, 0.15) is 0 Å². The van der Waals surface area contributed by atoms with Gasteiger partial charge in [0.2, 0.25) is 0 Å². The second kappa shape index (κ2) is 5.43. The third-order valence-corrected chi connectivity index (χ3v) is 3.48. The quantitative estimate of drug-likeness (QED) is 0.794. The van der Waals surface area contributed by atoms with Gasteiger partial charge in [-0.1, -0.05) is 25.0 Å². The number of hydrogen-bond donors (Lipinski definition) is 1. The molecule has 1 fully saturated rings. The van der Waals surface area contributed by atoms with Crippen LogP contribution in [0, 0.1) is 5.92 Å². The minimum Gasteiger partial charge on any atom is -0.308 e. The van der Waals surface area contributed by atoms with Gasteiger partial charge < -0.3 is 5.32 Å². The fourth-order valence-electron chi connectivity index (χ4n) is 2.42. The highest BCUT2D eigenvalue weighted by molar-refractivity contribution is 4.91. The van der Waals surface area contributed by atoms with E-state index < -0.39 is 0 Å². The van der Waals surface area contributed by atoms with E-state index in [9.17, 15) is 0 Å². The smallest absolute Gasteiger partial charge is 0.0964 e. The van der Waals surface area contributed by atoms with Crippen molar-refractivity contribution in [2.24, 2.45) is 13.0 Å². The average molecular weight is 222 g/mol. The molecule has 0 aliphatic heterocycles. The number of aryl methyl sites for hydroxylation is 1. The molecular formula is C12H22N4. The number of hydrogen-bond acceptors (Lipinski definition) is 3. The molecule has 1 aromatic heterocycles. The Morgan fingerprint density at radius 1 is 1.38 bits per heavy atom. The Hall–Kier alpha value is -0.900. The molecule has 0 spiro atoms. The minimum absolute atomic E-state index is 0.673. The van der Waals surface area contributed by atoms with E-state index in [1.165, 1.54) is 32.1 Å².